The van der Waals surface area contributed by atoms with Gasteiger partial charge in [-0.25, -0.2) is 8.42 Å². The van der Waals surface area contributed by atoms with E-state index in [-0.39, 0.29) is 11.5 Å². The van der Waals surface area contributed by atoms with E-state index in [0.717, 1.165) is 0 Å². The van der Waals surface area contributed by atoms with Gasteiger partial charge in [0.25, 0.3) is 0 Å². The van der Waals surface area contributed by atoms with Gasteiger partial charge in [-0.15, -0.1) is 0 Å². The predicted molar refractivity (Wildman–Crippen MR) is 56.6 cm³/mol. The summed E-state index contributed by atoms with van der Waals surface area (Å²) in [4.78, 5) is 11.5. The first kappa shape index (κ1) is 13.1. The summed E-state index contributed by atoms with van der Waals surface area (Å²) in [5.41, 5.74) is -0.629. The summed E-state index contributed by atoms with van der Waals surface area (Å²) in [6.45, 7) is 6.64. The molecular weight excluding hydrogens is 256 g/mol. The summed E-state index contributed by atoms with van der Waals surface area (Å²) in [6.07, 6.45) is 0. The lowest BCUT2D eigenvalue weighted by atomic mass is 9.92. The molecule has 0 heterocycles. The summed E-state index contributed by atoms with van der Waals surface area (Å²) < 4.78 is 21.6. The summed E-state index contributed by atoms with van der Waals surface area (Å²) in [6, 6.07) is 0. The number of carbonyl (C=O) groups excluding carboxylic acids is 1. The van der Waals surface area contributed by atoms with Crippen molar-refractivity contribution in [2.75, 3.05) is 5.75 Å². The van der Waals surface area contributed by atoms with Crippen LogP contribution in [-0.2, 0) is 14.6 Å². The molecule has 0 saturated carbocycles. The van der Waals surface area contributed by atoms with E-state index in [4.69, 9.17) is 0 Å². The highest BCUT2D eigenvalue weighted by molar-refractivity contribution is 9.11. The molecule has 0 saturated heterocycles. The highest BCUT2D eigenvalue weighted by Gasteiger charge is 2.35. The lowest BCUT2D eigenvalue weighted by Crippen LogP contribution is -2.34. The van der Waals surface area contributed by atoms with E-state index < -0.39 is 19.4 Å². The summed E-state index contributed by atoms with van der Waals surface area (Å²) in [5, 5.41) is 0. The zero-order valence-corrected chi connectivity index (χ0v) is 10.7. The van der Waals surface area contributed by atoms with Crippen LogP contribution in [0.1, 0.15) is 27.7 Å². The van der Waals surface area contributed by atoms with E-state index in [1.165, 1.54) is 6.92 Å². The first-order valence-corrected chi connectivity index (χ1v) is 6.66. The van der Waals surface area contributed by atoms with Crippen molar-refractivity contribution in [3.63, 3.8) is 0 Å². The largest absolute Gasteiger partial charge is 0.297 e. The fourth-order valence-corrected chi connectivity index (χ4v) is 3.10. The molecule has 5 heteroatoms. The van der Waals surface area contributed by atoms with Gasteiger partial charge < -0.3 is 0 Å². The Morgan fingerprint density at radius 2 is 1.77 bits per heavy atom. The minimum Gasteiger partial charge on any atom is -0.297 e. The van der Waals surface area contributed by atoms with Gasteiger partial charge >= 0.3 is 0 Å². The summed E-state index contributed by atoms with van der Waals surface area (Å²) in [7, 11) is -3.31. The Morgan fingerprint density at radius 3 is 2.00 bits per heavy atom. The predicted octanol–water partition coefficient (Wildman–Crippen LogP) is 1.76. The van der Waals surface area contributed by atoms with Crippen LogP contribution in [0.25, 0.3) is 0 Å². The van der Waals surface area contributed by atoms with E-state index in [9.17, 15) is 13.2 Å². The molecule has 0 bridgehead atoms. The van der Waals surface area contributed by atoms with E-state index in [1.807, 2.05) is 0 Å². The van der Waals surface area contributed by atoms with Gasteiger partial charge in [0.05, 0.1) is 0 Å². The van der Waals surface area contributed by atoms with Crippen LogP contribution in [0.2, 0.25) is 0 Å². The summed E-state index contributed by atoms with van der Waals surface area (Å²) in [5.74, 6) is -0.320. The zero-order chi connectivity index (χ0) is 10.9. The first-order valence-electron chi connectivity index (χ1n) is 4.03. The Balaban J connectivity index is 4.84. The lowest BCUT2D eigenvalue weighted by molar-refractivity contribution is -0.124. The molecule has 0 fully saturated rings. The van der Waals surface area contributed by atoms with Crippen LogP contribution in [0.15, 0.2) is 0 Å². The number of sulfone groups is 1. The van der Waals surface area contributed by atoms with Crippen LogP contribution in [0, 0.1) is 5.41 Å². The molecule has 0 amide bonds. The van der Waals surface area contributed by atoms with Crippen molar-refractivity contribution < 1.29 is 13.2 Å². The molecule has 0 aliphatic carbocycles. The molecule has 0 rings (SSSR count). The van der Waals surface area contributed by atoms with Crippen molar-refractivity contribution in [2.45, 2.75) is 31.9 Å². The molecule has 0 aromatic heterocycles. The van der Waals surface area contributed by atoms with Crippen LogP contribution in [0.5, 0.6) is 0 Å². The molecule has 78 valence electrons. The number of hydrogen-bond acceptors (Lipinski definition) is 3. The van der Waals surface area contributed by atoms with Crippen LogP contribution in [0.3, 0.4) is 0 Å². The second-order valence-electron chi connectivity index (χ2n) is 3.88. The van der Waals surface area contributed by atoms with Gasteiger partial charge in [-0.05, 0) is 0 Å². The van der Waals surface area contributed by atoms with E-state index >= 15 is 0 Å². The van der Waals surface area contributed by atoms with Gasteiger partial charge in [0.15, 0.2) is 19.8 Å². The summed E-state index contributed by atoms with van der Waals surface area (Å²) >= 11 is 2.92. The molecule has 0 aromatic rings. The van der Waals surface area contributed by atoms with Crippen molar-refractivity contribution in [3.8, 4) is 0 Å². The van der Waals surface area contributed by atoms with Crippen LogP contribution in [-0.4, -0.2) is 24.1 Å². The average molecular weight is 271 g/mol. The van der Waals surface area contributed by atoms with E-state index in [0.29, 0.717) is 0 Å². The molecule has 1 atom stereocenters. The van der Waals surface area contributed by atoms with Gasteiger partial charge in [0.2, 0.25) is 0 Å². The zero-order valence-electron chi connectivity index (χ0n) is 8.30. The Labute approximate surface area is 87.9 Å². The fraction of sp³-hybridized carbons (Fsp3) is 0.875. The van der Waals surface area contributed by atoms with E-state index in [1.54, 1.807) is 20.8 Å². The molecule has 0 aliphatic rings. The van der Waals surface area contributed by atoms with Crippen molar-refractivity contribution in [1.82, 2.24) is 0 Å². The smallest absolute Gasteiger partial charge is 0.175 e. The standard InChI is InChI=1S/C8H15BrO3S/c1-5-13(11,12)7(9)6(10)8(2,3)4/h7H,5H2,1-4H3/t7-/m1/s1. The van der Waals surface area contributed by atoms with Gasteiger partial charge in [0.1, 0.15) is 0 Å². The minimum absolute atomic E-state index is 0.0231. The number of hydrogen-bond donors (Lipinski definition) is 0. The SMILES string of the molecule is CCS(=O)(=O)[C@@H](Br)C(=O)C(C)(C)C. The Hall–Kier alpha value is 0.1000. The third-order valence-corrected chi connectivity index (χ3v) is 5.44. The number of carbonyl (C=O) groups is 1. The van der Waals surface area contributed by atoms with Crippen molar-refractivity contribution in [1.29, 1.82) is 0 Å². The van der Waals surface area contributed by atoms with Crippen molar-refractivity contribution >= 4 is 31.6 Å². The second-order valence-corrected chi connectivity index (χ2v) is 7.78. The highest BCUT2D eigenvalue weighted by atomic mass is 79.9. The molecule has 0 radical (unpaired) electrons. The van der Waals surface area contributed by atoms with Gasteiger partial charge in [-0.3, -0.25) is 4.79 Å². The van der Waals surface area contributed by atoms with Gasteiger partial charge in [0, 0.05) is 11.2 Å². The number of alkyl halides is 1. The molecule has 0 aromatic carbocycles. The molecule has 13 heavy (non-hydrogen) atoms. The Bertz CT molecular complexity index is 287. The maximum Gasteiger partial charge on any atom is 0.175 e. The lowest BCUT2D eigenvalue weighted by Gasteiger charge is -2.20. The third-order valence-electron chi connectivity index (χ3n) is 1.66. The van der Waals surface area contributed by atoms with Gasteiger partial charge in [-0.1, -0.05) is 43.6 Å². The molecular formula is C8H15BrO3S. The maximum atomic E-state index is 11.5. The molecule has 0 aliphatic heterocycles. The number of ketones is 1. The molecule has 0 spiro atoms. The van der Waals surface area contributed by atoms with Gasteiger partial charge in [-0.2, -0.15) is 0 Å². The minimum atomic E-state index is -3.31. The second kappa shape index (κ2) is 4.09. The normalized spacial score (nSPS) is 15.5. The molecule has 0 N–H and O–H groups in total. The maximum absolute atomic E-state index is 11.5. The average Bonchev–Trinajstić information content (AvgIpc) is 2.00. The first-order chi connectivity index (χ1) is 5.63. The van der Waals surface area contributed by atoms with Crippen LogP contribution < -0.4 is 0 Å². The van der Waals surface area contributed by atoms with E-state index in [2.05, 4.69) is 15.9 Å². The van der Waals surface area contributed by atoms with Crippen LogP contribution >= 0.6 is 15.9 Å². The third kappa shape index (κ3) is 3.38. The molecule has 3 nitrogen and oxygen atoms in total. The topological polar surface area (TPSA) is 51.2 Å². The quantitative estimate of drug-likeness (QED) is 0.735. The Kier molecular flexibility index (Phi) is 4.12. The molecule has 0 unspecified atom stereocenters. The highest BCUT2D eigenvalue weighted by Crippen LogP contribution is 2.24. The Morgan fingerprint density at radius 1 is 1.38 bits per heavy atom. The van der Waals surface area contributed by atoms with Crippen molar-refractivity contribution in [2.24, 2.45) is 5.41 Å². The number of rotatable bonds is 3. The van der Waals surface area contributed by atoms with Crippen molar-refractivity contribution in [3.05, 3.63) is 0 Å². The van der Waals surface area contributed by atoms with Crippen LogP contribution in [0.4, 0.5) is 0 Å². The monoisotopic (exact) mass is 270 g/mol. The number of Topliss-reactive ketones (excluding diaryl/α,β-unsaturated/α-hetero) is 1. The fourth-order valence-electron chi connectivity index (χ4n) is 0.650. The number of halogens is 1.